The molecule has 0 aromatic carbocycles. The largest absolute Gasteiger partial charge is 0.481 e. The second kappa shape index (κ2) is 4.25. The Bertz CT molecular complexity index is 202. The van der Waals surface area contributed by atoms with E-state index in [9.17, 15) is 9.59 Å². The number of rotatable bonds is 4. The molecule has 0 radical (unpaired) electrons. The van der Waals surface area contributed by atoms with Crippen molar-refractivity contribution < 1.29 is 19.8 Å². The molecule has 76 valence electrons. The van der Waals surface area contributed by atoms with Crippen molar-refractivity contribution in [2.75, 3.05) is 0 Å². The minimum Gasteiger partial charge on any atom is -0.481 e. The average molecular weight is 188 g/mol. The van der Waals surface area contributed by atoms with Crippen LogP contribution in [0.4, 0.5) is 0 Å². The molecule has 0 rings (SSSR count). The minimum atomic E-state index is -0.949. The summed E-state index contributed by atoms with van der Waals surface area (Å²) in [6, 6.07) is 0. The van der Waals surface area contributed by atoms with E-state index >= 15 is 0 Å². The predicted molar refractivity (Wildman–Crippen MR) is 47.5 cm³/mol. The highest BCUT2D eigenvalue weighted by atomic mass is 16.4. The van der Waals surface area contributed by atoms with E-state index < -0.39 is 17.9 Å². The van der Waals surface area contributed by atoms with E-state index in [4.69, 9.17) is 10.2 Å². The van der Waals surface area contributed by atoms with Crippen LogP contribution in [0, 0.1) is 11.3 Å². The van der Waals surface area contributed by atoms with Crippen molar-refractivity contribution in [2.24, 2.45) is 11.3 Å². The maximum Gasteiger partial charge on any atom is 0.307 e. The highest BCUT2D eigenvalue weighted by molar-refractivity contribution is 5.72. The summed E-state index contributed by atoms with van der Waals surface area (Å²) < 4.78 is 0. The molecule has 0 saturated heterocycles. The first-order chi connectivity index (χ1) is 5.75. The summed E-state index contributed by atoms with van der Waals surface area (Å²) in [4.78, 5) is 21.0. The molecule has 4 nitrogen and oxygen atoms in total. The van der Waals surface area contributed by atoms with Crippen LogP contribution in [-0.2, 0) is 9.59 Å². The van der Waals surface area contributed by atoms with Crippen LogP contribution in [0.15, 0.2) is 0 Å². The fourth-order valence-electron chi connectivity index (χ4n) is 1.19. The average Bonchev–Trinajstić information content (AvgIpc) is 1.81. The zero-order chi connectivity index (χ0) is 10.6. The molecule has 0 aromatic heterocycles. The van der Waals surface area contributed by atoms with Gasteiger partial charge in [-0.25, -0.2) is 0 Å². The maximum absolute atomic E-state index is 10.8. The molecule has 1 atom stereocenters. The molecule has 0 unspecified atom stereocenters. The third-order valence-electron chi connectivity index (χ3n) is 1.99. The van der Waals surface area contributed by atoms with E-state index in [0.29, 0.717) is 0 Å². The Hall–Kier alpha value is -1.06. The van der Waals surface area contributed by atoms with Gasteiger partial charge in [-0.15, -0.1) is 0 Å². The summed E-state index contributed by atoms with van der Waals surface area (Å²) in [5, 5.41) is 17.2. The molecular formula is C9H16O4. The molecule has 0 bridgehead atoms. The maximum atomic E-state index is 10.8. The predicted octanol–water partition coefficient (Wildman–Crippen LogP) is 1.60. The van der Waals surface area contributed by atoms with Gasteiger partial charge in [-0.2, -0.15) is 0 Å². The van der Waals surface area contributed by atoms with Crippen LogP contribution in [0.1, 0.15) is 33.6 Å². The molecule has 13 heavy (non-hydrogen) atoms. The van der Waals surface area contributed by atoms with Crippen molar-refractivity contribution >= 4 is 11.9 Å². The number of hydrogen-bond donors (Lipinski definition) is 2. The summed E-state index contributed by atoms with van der Waals surface area (Å²) >= 11 is 0. The second-order valence-corrected chi connectivity index (χ2v) is 4.19. The normalized spacial score (nSPS) is 13.8. The standard InChI is InChI=1S/C9H16O4/c1-9(2,3)6(8(12)13)4-5-7(10)11/h6H,4-5H2,1-3H3,(H,10,11)(H,12,13)/t6-/m0/s1. The van der Waals surface area contributed by atoms with Crippen LogP contribution in [0.3, 0.4) is 0 Å². The van der Waals surface area contributed by atoms with E-state index in [1.165, 1.54) is 0 Å². The third-order valence-corrected chi connectivity index (χ3v) is 1.99. The lowest BCUT2D eigenvalue weighted by Crippen LogP contribution is -2.28. The zero-order valence-corrected chi connectivity index (χ0v) is 8.20. The molecule has 0 heterocycles. The van der Waals surface area contributed by atoms with E-state index in [1.54, 1.807) is 20.8 Å². The number of carboxylic acids is 2. The quantitative estimate of drug-likeness (QED) is 0.702. The third kappa shape index (κ3) is 4.50. The monoisotopic (exact) mass is 188 g/mol. The lowest BCUT2D eigenvalue weighted by molar-refractivity contribution is -0.146. The summed E-state index contributed by atoms with van der Waals surface area (Å²) in [6.07, 6.45) is 0.0996. The van der Waals surface area contributed by atoms with Crippen LogP contribution >= 0.6 is 0 Å². The number of aliphatic carboxylic acids is 2. The topological polar surface area (TPSA) is 74.6 Å². The first kappa shape index (κ1) is 11.9. The zero-order valence-electron chi connectivity index (χ0n) is 8.20. The van der Waals surface area contributed by atoms with Gasteiger partial charge in [-0.05, 0) is 11.8 Å². The second-order valence-electron chi connectivity index (χ2n) is 4.19. The molecule has 4 heteroatoms. The van der Waals surface area contributed by atoms with Gasteiger partial charge in [0.15, 0.2) is 0 Å². The van der Waals surface area contributed by atoms with Crippen molar-refractivity contribution in [3.8, 4) is 0 Å². The van der Waals surface area contributed by atoms with Gasteiger partial charge in [-0.1, -0.05) is 20.8 Å². The molecule has 0 aliphatic rings. The number of carboxylic acid groups (broad SMARTS) is 2. The van der Waals surface area contributed by atoms with Crippen LogP contribution < -0.4 is 0 Å². The summed E-state index contributed by atoms with van der Waals surface area (Å²) in [5.74, 6) is -2.46. The molecule has 2 N–H and O–H groups in total. The van der Waals surface area contributed by atoms with Crippen molar-refractivity contribution in [3.63, 3.8) is 0 Å². The Morgan fingerprint density at radius 3 is 1.92 bits per heavy atom. The highest BCUT2D eigenvalue weighted by Crippen LogP contribution is 2.29. The van der Waals surface area contributed by atoms with E-state index in [2.05, 4.69) is 0 Å². The van der Waals surface area contributed by atoms with Crippen LogP contribution in [0.25, 0.3) is 0 Å². The molecule has 0 aliphatic carbocycles. The van der Waals surface area contributed by atoms with Gasteiger partial charge in [0, 0.05) is 6.42 Å². The molecule has 0 amide bonds. The Labute approximate surface area is 77.6 Å². The highest BCUT2D eigenvalue weighted by Gasteiger charge is 2.31. The summed E-state index contributed by atoms with van der Waals surface area (Å²) in [6.45, 7) is 5.40. The fraction of sp³-hybridized carbons (Fsp3) is 0.778. The van der Waals surface area contributed by atoms with Gasteiger partial charge in [0.1, 0.15) is 0 Å². The molecule has 0 saturated carbocycles. The Morgan fingerprint density at radius 2 is 1.69 bits per heavy atom. The van der Waals surface area contributed by atoms with E-state index in [-0.39, 0.29) is 18.3 Å². The summed E-state index contributed by atoms with van der Waals surface area (Å²) in [5.41, 5.74) is -0.388. The van der Waals surface area contributed by atoms with Gasteiger partial charge in [0.2, 0.25) is 0 Å². The molecule has 0 aliphatic heterocycles. The lowest BCUT2D eigenvalue weighted by Gasteiger charge is -2.26. The minimum absolute atomic E-state index is 0.0891. The first-order valence-electron chi connectivity index (χ1n) is 4.19. The van der Waals surface area contributed by atoms with Gasteiger partial charge in [-0.3, -0.25) is 9.59 Å². The van der Waals surface area contributed by atoms with Crippen LogP contribution in [-0.4, -0.2) is 22.2 Å². The Morgan fingerprint density at radius 1 is 1.23 bits per heavy atom. The molecule has 0 aromatic rings. The SMILES string of the molecule is CC(C)(C)[C@@H](CCC(=O)O)C(=O)O. The lowest BCUT2D eigenvalue weighted by atomic mass is 9.78. The number of hydrogen-bond acceptors (Lipinski definition) is 2. The molecular weight excluding hydrogens is 172 g/mol. The van der Waals surface area contributed by atoms with Gasteiger partial charge < -0.3 is 10.2 Å². The molecule has 0 spiro atoms. The number of carbonyl (C=O) groups is 2. The van der Waals surface area contributed by atoms with Crippen molar-refractivity contribution in [1.82, 2.24) is 0 Å². The van der Waals surface area contributed by atoms with E-state index in [0.717, 1.165) is 0 Å². The van der Waals surface area contributed by atoms with Gasteiger partial charge >= 0.3 is 11.9 Å². The summed E-state index contributed by atoms with van der Waals surface area (Å²) in [7, 11) is 0. The smallest absolute Gasteiger partial charge is 0.307 e. The van der Waals surface area contributed by atoms with Gasteiger partial charge in [0.05, 0.1) is 5.92 Å². The van der Waals surface area contributed by atoms with Crippen molar-refractivity contribution in [1.29, 1.82) is 0 Å². The van der Waals surface area contributed by atoms with Crippen molar-refractivity contribution in [2.45, 2.75) is 33.6 Å². The van der Waals surface area contributed by atoms with Crippen LogP contribution in [0.5, 0.6) is 0 Å². The van der Waals surface area contributed by atoms with Gasteiger partial charge in [0.25, 0.3) is 0 Å². The molecule has 0 fully saturated rings. The Kier molecular flexibility index (Phi) is 3.91. The Balaban J connectivity index is 4.28. The fourth-order valence-corrected chi connectivity index (χ4v) is 1.19. The van der Waals surface area contributed by atoms with Crippen LogP contribution in [0.2, 0.25) is 0 Å². The van der Waals surface area contributed by atoms with E-state index in [1.807, 2.05) is 0 Å². The first-order valence-corrected chi connectivity index (χ1v) is 4.19. The van der Waals surface area contributed by atoms with Crippen molar-refractivity contribution in [3.05, 3.63) is 0 Å².